The fraction of sp³-hybridized carbons (Fsp3) is 0.500. The summed E-state index contributed by atoms with van der Waals surface area (Å²) in [5.74, 6) is 2.41. The number of nitrogens with zero attached hydrogens (tertiary/aromatic N) is 1. The highest BCUT2D eigenvalue weighted by atomic mass is 32.2. The number of carbonyl (C=O) groups excluding carboxylic acids is 1. The number of thioether (sulfide) groups is 1. The Hall–Kier alpha value is -0.940. The SMILES string of the molecule is CCn1c(C(=O)NC2CCSCC2)cc2sccc21. The van der Waals surface area contributed by atoms with Crippen LogP contribution in [-0.4, -0.2) is 28.0 Å². The Kier molecular flexibility index (Phi) is 3.84. The fourth-order valence-electron chi connectivity index (χ4n) is 2.61. The summed E-state index contributed by atoms with van der Waals surface area (Å²) in [7, 11) is 0. The maximum atomic E-state index is 12.4. The highest BCUT2D eigenvalue weighted by Gasteiger charge is 2.20. The number of amides is 1. The Balaban J connectivity index is 1.82. The lowest BCUT2D eigenvalue weighted by atomic mass is 10.1. The first kappa shape index (κ1) is 13.1. The Bertz CT molecular complexity index is 581. The molecule has 3 heterocycles. The number of nitrogens with one attached hydrogen (secondary N) is 1. The van der Waals surface area contributed by atoms with E-state index in [2.05, 4.69) is 28.3 Å². The van der Waals surface area contributed by atoms with Crippen LogP contribution < -0.4 is 5.32 Å². The first-order valence-electron chi connectivity index (χ1n) is 6.75. The summed E-state index contributed by atoms with van der Waals surface area (Å²) >= 11 is 3.68. The summed E-state index contributed by atoms with van der Waals surface area (Å²) < 4.78 is 3.31. The molecule has 1 aliphatic rings. The third kappa shape index (κ3) is 2.54. The zero-order valence-electron chi connectivity index (χ0n) is 11.0. The highest BCUT2D eigenvalue weighted by Crippen LogP contribution is 2.25. The van der Waals surface area contributed by atoms with Crippen LogP contribution in [0.2, 0.25) is 0 Å². The van der Waals surface area contributed by atoms with Gasteiger partial charge in [0, 0.05) is 12.6 Å². The second-order valence-corrected chi connectivity index (χ2v) is 6.98. The van der Waals surface area contributed by atoms with Crippen LogP contribution in [-0.2, 0) is 6.54 Å². The van der Waals surface area contributed by atoms with Gasteiger partial charge in [0.15, 0.2) is 0 Å². The minimum Gasteiger partial charge on any atom is -0.348 e. The van der Waals surface area contributed by atoms with Crippen molar-refractivity contribution in [3.8, 4) is 0 Å². The largest absolute Gasteiger partial charge is 0.348 e. The summed E-state index contributed by atoms with van der Waals surface area (Å²) in [6.45, 7) is 2.93. The van der Waals surface area contributed by atoms with Crippen LogP contribution >= 0.6 is 23.1 Å². The lowest BCUT2D eigenvalue weighted by Crippen LogP contribution is -2.38. The summed E-state index contributed by atoms with van der Waals surface area (Å²) in [5, 5.41) is 5.27. The Morgan fingerprint density at radius 2 is 2.26 bits per heavy atom. The maximum absolute atomic E-state index is 12.4. The number of hydrogen-bond acceptors (Lipinski definition) is 3. The Morgan fingerprint density at radius 3 is 3.00 bits per heavy atom. The molecule has 0 saturated carbocycles. The van der Waals surface area contributed by atoms with E-state index in [1.54, 1.807) is 11.3 Å². The van der Waals surface area contributed by atoms with E-state index in [1.165, 1.54) is 10.2 Å². The smallest absolute Gasteiger partial charge is 0.268 e. The van der Waals surface area contributed by atoms with Crippen LogP contribution in [0.1, 0.15) is 30.3 Å². The maximum Gasteiger partial charge on any atom is 0.268 e. The second kappa shape index (κ2) is 5.59. The molecule has 1 aliphatic heterocycles. The quantitative estimate of drug-likeness (QED) is 0.942. The lowest BCUT2D eigenvalue weighted by molar-refractivity contribution is 0.0926. The fourth-order valence-corrected chi connectivity index (χ4v) is 4.54. The number of carbonyl (C=O) groups is 1. The van der Waals surface area contributed by atoms with E-state index >= 15 is 0 Å². The molecule has 3 rings (SSSR count). The van der Waals surface area contributed by atoms with Gasteiger partial charge in [0.1, 0.15) is 5.69 Å². The monoisotopic (exact) mass is 294 g/mol. The predicted molar refractivity (Wildman–Crippen MR) is 83.3 cm³/mol. The normalized spacial score (nSPS) is 16.9. The predicted octanol–water partition coefficient (Wildman–Crippen LogP) is 3.35. The van der Waals surface area contributed by atoms with Gasteiger partial charge in [-0.25, -0.2) is 0 Å². The van der Waals surface area contributed by atoms with Crippen LogP contribution in [0.3, 0.4) is 0 Å². The first-order valence-corrected chi connectivity index (χ1v) is 8.78. The van der Waals surface area contributed by atoms with Crippen molar-refractivity contribution in [3.63, 3.8) is 0 Å². The van der Waals surface area contributed by atoms with Gasteiger partial charge in [0.05, 0.1) is 10.2 Å². The molecular weight excluding hydrogens is 276 g/mol. The molecule has 5 heteroatoms. The Labute approximate surface area is 121 Å². The topological polar surface area (TPSA) is 34.0 Å². The van der Waals surface area contributed by atoms with Gasteiger partial charge in [0.2, 0.25) is 0 Å². The zero-order chi connectivity index (χ0) is 13.2. The molecule has 102 valence electrons. The number of hydrogen-bond donors (Lipinski definition) is 1. The molecular formula is C14H18N2OS2. The van der Waals surface area contributed by atoms with Crippen molar-refractivity contribution in [2.75, 3.05) is 11.5 Å². The molecule has 0 unspecified atom stereocenters. The second-order valence-electron chi connectivity index (χ2n) is 4.80. The van der Waals surface area contributed by atoms with E-state index in [9.17, 15) is 4.79 Å². The van der Waals surface area contributed by atoms with E-state index in [0.717, 1.165) is 36.6 Å². The number of aromatic nitrogens is 1. The zero-order valence-corrected chi connectivity index (χ0v) is 12.6. The van der Waals surface area contributed by atoms with E-state index in [-0.39, 0.29) is 5.91 Å². The number of aryl methyl sites for hydroxylation is 1. The van der Waals surface area contributed by atoms with Crippen molar-refractivity contribution in [2.24, 2.45) is 0 Å². The van der Waals surface area contributed by atoms with Crippen molar-refractivity contribution in [1.82, 2.24) is 9.88 Å². The molecule has 0 spiro atoms. The molecule has 0 atom stereocenters. The van der Waals surface area contributed by atoms with E-state index in [4.69, 9.17) is 0 Å². The van der Waals surface area contributed by atoms with Crippen molar-refractivity contribution < 1.29 is 4.79 Å². The van der Waals surface area contributed by atoms with E-state index in [0.29, 0.717) is 6.04 Å². The number of rotatable bonds is 3. The van der Waals surface area contributed by atoms with Crippen molar-refractivity contribution in [1.29, 1.82) is 0 Å². The molecule has 1 amide bonds. The Morgan fingerprint density at radius 1 is 1.47 bits per heavy atom. The van der Waals surface area contributed by atoms with Crippen LogP contribution in [0.25, 0.3) is 10.2 Å². The van der Waals surface area contributed by atoms with Gasteiger partial charge in [-0.1, -0.05) is 0 Å². The van der Waals surface area contributed by atoms with Gasteiger partial charge in [-0.15, -0.1) is 11.3 Å². The highest BCUT2D eigenvalue weighted by molar-refractivity contribution is 7.99. The summed E-state index contributed by atoms with van der Waals surface area (Å²) in [6, 6.07) is 4.47. The molecule has 2 aromatic rings. The number of fused-ring (bicyclic) bond motifs is 1. The summed E-state index contributed by atoms with van der Waals surface area (Å²) in [6.07, 6.45) is 2.19. The van der Waals surface area contributed by atoms with Crippen molar-refractivity contribution in [2.45, 2.75) is 32.4 Å². The van der Waals surface area contributed by atoms with E-state index < -0.39 is 0 Å². The lowest BCUT2D eigenvalue weighted by Gasteiger charge is -2.22. The van der Waals surface area contributed by atoms with Crippen molar-refractivity contribution >= 4 is 39.2 Å². The van der Waals surface area contributed by atoms with Gasteiger partial charge < -0.3 is 9.88 Å². The third-order valence-corrected chi connectivity index (χ3v) is 5.53. The molecule has 1 fully saturated rings. The minimum absolute atomic E-state index is 0.0853. The molecule has 1 saturated heterocycles. The van der Waals surface area contributed by atoms with Crippen molar-refractivity contribution in [3.05, 3.63) is 23.2 Å². The molecule has 2 aromatic heterocycles. The van der Waals surface area contributed by atoms with Crippen LogP contribution in [0.15, 0.2) is 17.5 Å². The standard InChI is InChI=1S/C14H18N2OS2/c1-2-16-11-5-8-19-13(11)9-12(16)14(17)15-10-3-6-18-7-4-10/h5,8-10H,2-4,6-7H2,1H3,(H,15,17). The summed E-state index contributed by atoms with van der Waals surface area (Å²) in [4.78, 5) is 12.4. The average molecular weight is 294 g/mol. The minimum atomic E-state index is 0.0853. The molecule has 0 aliphatic carbocycles. The van der Waals surface area contributed by atoms with Crippen LogP contribution in [0, 0.1) is 0 Å². The molecule has 0 bridgehead atoms. The molecule has 0 radical (unpaired) electrons. The van der Waals surface area contributed by atoms with Gasteiger partial charge in [-0.05, 0) is 48.8 Å². The summed E-state index contributed by atoms with van der Waals surface area (Å²) in [5.41, 5.74) is 1.99. The molecule has 3 nitrogen and oxygen atoms in total. The van der Waals surface area contributed by atoms with E-state index in [1.807, 2.05) is 17.8 Å². The van der Waals surface area contributed by atoms with Crippen LogP contribution in [0.4, 0.5) is 0 Å². The van der Waals surface area contributed by atoms with Crippen LogP contribution in [0.5, 0.6) is 0 Å². The van der Waals surface area contributed by atoms with Gasteiger partial charge in [-0.2, -0.15) is 11.8 Å². The third-order valence-electron chi connectivity index (χ3n) is 3.63. The van der Waals surface area contributed by atoms with Gasteiger partial charge >= 0.3 is 0 Å². The number of thiophene rings is 1. The first-order chi connectivity index (χ1) is 9.29. The van der Waals surface area contributed by atoms with Gasteiger partial charge in [-0.3, -0.25) is 4.79 Å². The molecule has 19 heavy (non-hydrogen) atoms. The molecule has 0 aromatic carbocycles. The van der Waals surface area contributed by atoms with Gasteiger partial charge in [0.25, 0.3) is 5.91 Å². The molecule has 1 N–H and O–H groups in total. The average Bonchev–Trinajstić information content (AvgIpc) is 2.99.